The molecule has 1 aromatic heterocycles. The summed E-state index contributed by atoms with van der Waals surface area (Å²) < 4.78 is 6.05. The highest BCUT2D eigenvalue weighted by molar-refractivity contribution is 7.16. The summed E-state index contributed by atoms with van der Waals surface area (Å²) in [5.74, 6) is 0. The van der Waals surface area contributed by atoms with E-state index in [-0.39, 0.29) is 0 Å². The van der Waals surface area contributed by atoms with Crippen molar-refractivity contribution in [2.45, 2.75) is 6.54 Å². The first-order valence-corrected chi connectivity index (χ1v) is 5.75. The molecule has 1 aromatic rings. The van der Waals surface area contributed by atoms with Gasteiger partial charge in [0.2, 0.25) is 0 Å². The molecule has 0 saturated heterocycles. The third kappa shape index (κ3) is 4.93. The van der Waals surface area contributed by atoms with Crippen LogP contribution in [0.5, 0.6) is 0 Å². The number of nitrogens with one attached hydrogen (secondary N) is 1. The minimum Gasteiger partial charge on any atom is -0.379 e. The molecule has 3 nitrogen and oxygen atoms in total. The van der Waals surface area contributed by atoms with Crippen molar-refractivity contribution < 1.29 is 4.74 Å². The zero-order chi connectivity index (χ0) is 10.2. The molecule has 0 aliphatic rings. The molecule has 80 valence electrons. The average Bonchev–Trinajstić information content (AvgIpc) is 2.58. The van der Waals surface area contributed by atoms with E-state index >= 15 is 0 Å². The van der Waals surface area contributed by atoms with E-state index in [1.807, 2.05) is 12.1 Å². The van der Waals surface area contributed by atoms with Crippen molar-refractivity contribution in [2.75, 3.05) is 26.3 Å². The number of nitrogens with two attached hydrogens (primary N) is 1. The lowest BCUT2D eigenvalue weighted by Gasteiger charge is -2.03. The zero-order valence-corrected chi connectivity index (χ0v) is 9.53. The quantitative estimate of drug-likeness (QED) is 0.703. The van der Waals surface area contributed by atoms with Gasteiger partial charge in [0.25, 0.3) is 0 Å². The van der Waals surface area contributed by atoms with E-state index < -0.39 is 0 Å². The molecule has 3 N–H and O–H groups in total. The predicted octanol–water partition coefficient (Wildman–Crippen LogP) is 1.47. The van der Waals surface area contributed by atoms with Crippen LogP contribution in [-0.2, 0) is 11.3 Å². The first-order valence-electron chi connectivity index (χ1n) is 4.55. The van der Waals surface area contributed by atoms with Gasteiger partial charge in [0.15, 0.2) is 0 Å². The number of halogens is 1. The van der Waals surface area contributed by atoms with Gasteiger partial charge in [-0.3, -0.25) is 0 Å². The van der Waals surface area contributed by atoms with Crippen molar-refractivity contribution in [1.82, 2.24) is 5.32 Å². The monoisotopic (exact) mass is 234 g/mol. The molecule has 0 spiro atoms. The van der Waals surface area contributed by atoms with Crippen molar-refractivity contribution in [3.63, 3.8) is 0 Å². The molecule has 1 rings (SSSR count). The smallest absolute Gasteiger partial charge is 0.0931 e. The number of rotatable bonds is 7. The Labute approximate surface area is 93.2 Å². The number of hydrogen-bond acceptors (Lipinski definition) is 4. The van der Waals surface area contributed by atoms with Crippen molar-refractivity contribution in [2.24, 2.45) is 5.73 Å². The van der Waals surface area contributed by atoms with E-state index in [0.717, 1.165) is 17.4 Å². The predicted molar refractivity (Wildman–Crippen MR) is 60.9 cm³/mol. The molecule has 0 saturated carbocycles. The van der Waals surface area contributed by atoms with Gasteiger partial charge < -0.3 is 15.8 Å². The Morgan fingerprint density at radius 2 is 2.29 bits per heavy atom. The van der Waals surface area contributed by atoms with E-state index in [4.69, 9.17) is 22.1 Å². The molecule has 0 aromatic carbocycles. The summed E-state index contributed by atoms with van der Waals surface area (Å²) >= 11 is 7.39. The Bertz CT molecular complexity index is 255. The van der Waals surface area contributed by atoms with Crippen LogP contribution in [0, 0.1) is 0 Å². The maximum Gasteiger partial charge on any atom is 0.0931 e. The second-order valence-corrected chi connectivity index (χ2v) is 4.58. The fraction of sp³-hybridized carbons (Fsp3) is 0.556. The van der Waals surface area contributed by atoms with Crippen LogP contribution in [-0.4, -0.2) is 26.3 Å². The molecule has 0 fully saturated rings. The van der Waals surface area contributed by atoms with Gasteiger partial charge in [0.05, 0.1) is 17.6 Å². The van der Waals surface area contributed by atoms with Crippen molar-refractivity contribution in [1.29, 1.82) is 0 Å². The summed E-state index contributed by atoms with van der Waals surface area (Å²) in [4.78, 5) is 1.24. The first-order chi connectivity index (χ1) is 6.83. The fourth-order valence-electron chi connectivity index (χ4n) is 0.988. The molecular weight excluding hydrogens is 220 g/mol. The molecule has 14 heavy (non-hydrogen) atoms. The Kier molecular flexibility index (Phi) is 6.14. The third-order valence-corrected chi connectivity index (χ3v) is 2.84. The summed E-state index contributed by atoms with van der Waals surface area (Å²) in [7, 11) is 0. The molecule has 0 aliphatic carbocycles. The van der Waals surface area contributed by atoms with Gasteiger partial charge in [0.1, 0.15) is 0 Å². The summed E-state index contributed by atoms with van der Waals surface area (Å²) in [5, 5.41) is 3.26. The van der Waals surface area contributed by atoms with E-state index in [9.17, 15) is 0 Å². The van der Waals surface area contributed by atoms with Crippen LogP contribution in [0.15, 0.2) is 12.1 Å². The minimum absolute atomic E-state index is 0.584. The van der Waals surface area contributed by atoms with Crippen LogP contribution in [0.1, 0.15) is 4.88 Å². The van der Waals surface area contributed by atoms with Crippen LogP contribution in [0.2, 0.25) is 4.34 Å². The van der Waals surface area contributed by atoms with Crippen LogP contribution in [0.25, 0.3) is 0 Å². The topological polar surface area (TPSA) is 47.3 Å². The maximum atomic E-state index is 5.79. The second-order valence-electron chi connectivity index (χ2n) is 2.78. The molecule has 1 heterocycles. The SMILES string of the molecule is NCCOCCNCc1ccc(Cl)s1. The van der Waals surface area contributed by atoms with Crippen molar-refractivity contribution in [3.8, 4) is 0 Å². The third-order valence-electron chi connectivity index (χ3n) is 1.61. The molecule has 0 unspecified atom stereocenters. The molecule has 0 bridgehead atoms. The van der Waals surface area contributed by atoms with Gasteiger partial charge in [-0.05, 0) is 12.1 Å². The average molecular weight is 235 g/mol. The molecule has 5 heteroatoms. The highest BCUT2D eigenvalue weighted by Crippen LogP contribution is 2.20. The molecular formula is C9H15ClN2OS. The Morgan fingerprint density at radius 3 is 2.93 bits per heavy atom. The minimum atomic E-state index is 0.584. The second kappa shape index (κ2) is 7.20. The summed E-state index contributed by atoms with van der Waals surface area (Å²) in [6, 6.07) is 3.94. The number of ether oxygens (including phenoxy) is 1. The lowest BCUT2D eigenvalue weighted by Crippen LogP contribution is -2.20. The van der Waals surface area contributed by atoms with E-state index in [2.05, 4.69) is 5.32 Å². The standard InChI is InChI=1S/C9H15ClN2OS/c10-9-2-1-8(14-9)7-12-4-6-13-5-3-11/h1-2,12H,3-7,11H2. The highest BCUT2D eigenvalue weighted by atomic mass is 35.5. The lowest BCUT2D eigenvalue weighted by molar-refractivity contribution is 0.143. The van der Waals surface area contributed by atoms with Gasteiger partial charge >= 0.3 is 0 Å². The van der Waals surface area contributed by atoms with Gasteiger partial charge in [0, 0.05) is 24.5 Å². The number of thiophene rings is 1. The molecule has 0 aliphatic heterocycles. The summed E-state index contributed by atoms with van der Waals surface area (Å²) in [6.45, 7) is 3.61. The van der Waals surface area contributed by atoms with Crippen molar-refractivity contribution >= 4 is 22.9 Å². The van der Waals surface area contributed by atoms with Crippen LogP contribution in [0.4, 0.5) is 0 Å². The fourth-order valence-corrected chi connectivity index (χ4v) is 2.05. The Hall–Kier alpha value is -0.130. The zero-order valence-electron chi connectivity index (χ0n) is 7.96. The van der Waals surface area contributed by atoms with E-state index in [1.54, 1.807) is 11.3 Å². The largest absolute Gasteiger partial charge is 0.379 e. The first kappa shape index (κ1) is 11.9. The van der Waals surface area contributed by atoms with Crippen LogP contribution < -0.4 is 11.1 Å². The summed E-state index contributed by atoms with van der Waals surface area (Å²) in [6.07, 6.45) is 0. The van der Waals surface area contributed by atoms with Gasteiger partial charge in [-0.25, -0.2) is 0 Å². The number of hydrogen-bond donors (Lipinski definition) is 2. The molecule has 0 atom stereocenters. The summed E-state index contributed by atoms with van der Waals surface area (Å²) in [5.41, 5.74) is 5.28. The van der Waals surface area contributed by atoms with Crippen LogP contribution in [0.3, 0.4) is 0 Å². The molecule has 0 radical (unpaired) electrons. The van der Waals surface area contributed by atoms with Gasteiger partial charge in [-0.2, -0.15) is 0 Å². The van der Waals surface area contributed by atoms with E-state index in [0.29, 0.717) is 19.8 Å². The van der Waals surface area contributed by atoms with Gasteiger partial charge in [-0.1, -0.05) is 11.6 Å². The highest BCUT2D eigenvalue weighted by Gasteiger charge is 1.96. The van der Waals surface area contributed by atoms with E-state index in [1.165, 1.54) is 4.88 Å². The Morgan fingerprint density at radius 1 is 1.43 bits per heavy atom. The normalized spacial score (nSPS) is 10.7. The van der Waals surface area contributed by atoms with Gasteiger partial charge in [-0.15, -0.1) is 11.3 Å². The maximum absolute atomic E-state index is 5.79. The lowest BCUT2D eigenvalue weighted by atomic mass is 10.4. The molecule has 0 amide bonds. The van der Waals surface area contributed by atoms with Crippen molar-refractivity contribution in [3.05, 3.63) is 21.3 Å². The Balaban J connectivity index is 1.99. The van der Waals surface area contributed by atoms with Crippen LogP contribution >= 0.6 is 22.9 Å².